The molecule has 0 aromatic carbocycles. The topological polar surface area (TPSA) is 94.2 Å². The minimum absolute atomic E-state index is 0.108. The zero-order valence-corrected chi connectivity index (χ0v) is 35.2. The Morgan fingerprint density at radius 2 is 0.944 bits per heavy atom. The van der Waals surface area contributed by atoms with Crippen LogP contribution in [0, 0.1) is 0 Å². The minimum atomic E-state index is -0.817. The first-order chi connectivity index (χ1) is 26.5. The molecule has 1 unspecified atom stereocenters. The molecular weight excluding hydrogens is 677 g/mol. The predicted octanol–water partition coefficient (Wildman–Crippen LogP) is 12.3. The molecule has 0 radical (unpaired) electrons. The molecule has 0 spiro atoms. The average molecular weight is 761 g/mol. The van der Waals surface area contributed by atoms with Crippen LogP contribution in [0.1, 0.15) is 206 Å². The van der Waals surface area contributed by atoms with Crippen LogP contribution in [0.5, 0.6) is 0 Å². The van der Waals surface area contributed by atoms with E-state index in [9.17, 15) is 14.4 Å². The van der Waals surface area contributed by atoms with E-state index in [2.05, 4.69) is 48.4 Å². The third-order valence-corrected chi connectivity index (χ3v) is 10.3. The third kappa shape index (κ3) is 34.2. The molecule has 1 heterocycles. The Labute approximate surface area is 332 Å². The van der Waals surface area contributed by atoms with E-state index in [-0.39, 0.29) is 25.2 Å². The number of esters is 2. The number of unbranched alkanes of at least 4 members (excludes halogenated alkanes) is 22. The van der Waals surface area contributed by atoms with Crippen molar-refractivity contribution in [3.63, 3.8) is 0 Å². The fourth-order valence-corrected chi connectivity index (χ4v) is 6.84. The van der Waals surface area contributed by atoms with E-state index in [1.165, 1.54) is 122 Å². The van der Waals surface area contributed by atoms with Crippen LogP contribution in [0.3, 0.4) is 0 Å². The lowest BCUT2D eigenvalue weighted by atomic mass is 10.1. The van der Waals surface area contributed by atoms with E-state index < -0.39 is 12.2 Å². The summed E-state index contributed by atoms with van der Waals surface area (Å²) in [4.78, 5) is 39.8. The Balaban J connectivity index is 2.23. The fourth-order valence-electron chi connectivity index (χ4n) is 6.84. The molecule has 314 valence electrons. The molecule has 1 rings (SSSR count). The molecule has 8 heteroatoms. The van der Waals surface area contributed by atoms with Gasteiger partial charge in [0.05, 0.1) is 0 Å². The summed E-state index contributed by atoms with van der Waals surface area (Å²) in [6.45, 7) is 7.68. The fraction of sp³-hybridized carbons (Fsp3) is 0.848. The molecule has 0 aliphatic carbocycles. The van der Waals surface area contributed by atoms with Crippen LogP contribution < -0.4 is 5.32 Å². The Kier molecular flexibility index (Phi) is 35.8. The Bertz CT molecular complexity index is 932. The van der Waals surface area contributed by atoms with Crippen LogP contribution in [0.2, 0.25) is 0 Å². The first kappa shape index (κ1) is 49.7. The van der Waals surface area contributed by atoms with Gasteiger partial charge in [-0.3, -0.25) is 9.59 Å². The van der Waals surface area contributed by atoms with Gasteiger partial charge in [0.15, 0.2) is 6.10 Å². The lowest BCUT2D eigenvalue weighted by Crippen LogP contribution is -2.36. The number of carbonyl (C=O) groups excluding carboxylic acids is 3. The summed E-state index contributed by atoms with van der Waals surface area (Å²) >= 11 is 0. The van der Waals surface area contributed by atoms with Gasteiger partial charge in [0, 0.05) is 25.9 Å². The molecule has 54 heavy (non-hydrogen) atoms. The van der Waals surface area contributed by atoms with E-state index in [1.807, 2.05) is 0 Å². The second-order valence-corrected chi connectivity index (χ2v) is 15.5. The molecule has 1 aliphatic rings. The maximum Gasteiger partial charge on any atom is 0.407 e. The highest BCUT2D eigenvalue weighted by molar-refractivity contribution is 5.70. The SMILES string of the molecule is CCCCCCCCC=CCCCCCCCC(=O)OCC(COC(=O)NCCN1CCCC1)OC(=O)CCCCCCCC=CCCCCCCCC. The van der Waals surface area contributed by atoms with Gasteiger partial charge >= 0.3 is 18.0 Å². The molecule has 1 amide bonds. The normalized spacial score (nSPS) is 13.9. The van der Waals surface area contributed by atoms with Crippen molar-refractivity contribution in [3.8, 4) is 0 Å². The van der Waals surface area contributed by atoms with E-state index in [1.54, 1.807) is 0 Å². The molecule has 8 nitrogen and oxygen atoms in total. The molecule has 1 N–H and O–H groups in total. The van der Waals surface area contributed by atoms with Crippen molar-refractivity contribution < 1.29 is 28.6 Å². The van der Waals surface area contributed by atoms with Gasteiger partial charge in [-0.05, 0) is 90.1 Å². The molecule has 0 aromatic rings. The molecule has 1 fully saturated rings. The second-order valence-electron chi connectivity index (χ2n) is 15.5. The van der Waals surface area contributed by atoms with Crippen molar-refractivity contribution in [2.24, 2.45) is 0 Å². The summed E-state index contributed by atoms with van der Waals surface area (Å²) in [5.41, 5.74) is 0. The van der Waals surface area contributed by atoms with Crippen LogP contribution in [0.25, 0.3) is 0 Å². The van der Waals surface area contributed by atoms with Gasteiger partial charge < -0.3 is 24.4 Å². The molecule has 0 bridgehead atoms. The summed E-state index contributed by atoms with van der Waals surface area (Å²) in [6, 6.07) is 0. The van der Waals surface area contributed by atoms with E-state index in [0.717, 1.165) is 77.4 Å². The van der Waals surface area contributed by atoms with Crippen LogP contribution in [0.4, 0.5) is 4.79 Å². The number of allylic oxidation sites excluding steroid dienone is 4. The maximum atomic E-state index is 12.7. The average Bonchev–Trinajstić information content (AvgIpc) is 3.69. The number of carbonyl (C=O) groups is 3. The third-order valence-electron chi connectivity index (χ3n) is 10.3. The molecule has 1 aliphatic heterocycles. The van der Waals surface area contributed by atoms with Crippen molar-refractivity contribution >= 4 is 18.0 Å². The highest BCUT2D eigenvalue weighted by Gasteiger charge is 2.20. The highest BCUT2D eigenvalue weighted by Crippen LogP contribution is 2.13. The largest absolute Gasteiger partial charge is 0.462 e. The summed E-state index contributed by atoms with van der Waals surface area (Å²) in [7, 11) is 0. The van der Waals surface area contributed by atoms with Gasteiger partial charge in [0.1, 0.15) is 13.2 Å². The molecular formula is C46H84N2O6. The van der Waals surface area contributed by atoms with Crippen molar-refractivity contribution in [1.29, 1.82) is 0 Å². The molecule has 1 saturated heterocycles. The quantitative estimate of drug-likeness (QED) is 0.0290. The van der Waals surface area contributed by atoms with Gasteiger partial charge in [-0.15, -0.1) is 0 Å². The van der Waals surface area contributed by atoms with Crippen molar-refractivity contribution in [1.82, 2.24) is 10.2 Å². The van der Waals surface area contributed by atoms with E-state index in [0.29, 0.717) is 19.4 Å². The van der Waals surface area contributed by atoms with Crippen molar-refractivity contribution in [2.75, 3.05) is 39.4 Å². The standard InChI is InChI=1S/C46H84N2O6/c1-3-5-7-9-11-13-15-17-19-21-23-25-27-29-31-35-44(49)52-41-43(42-53-46(51)47-37-40-48-38-33-34-39-48)54-45(50)36-32-30-28-26-24-22-20-18-16-14-12-10-8-6-4-2/h17-20,43H,3-16,21-42H2,1-2H3,(H,47,51). The smallest absolute Gasteiger partial charge is 0.407 e. The predicted molar refractivity (Wildman–Crippen MR) is 225 cm³/mol. The summed E-state index contributed by atoms with van der Waals surface area (Å²) in [6.07, 6.45) is 42.2. The van der Waals surface area contributed by atoms with Gasteiger partial charge in [-0.1, -0.05) is 141 Å². The van der Waals surface area contributed by atoms with Gasteiger partial charge in [-0.2, -0.15) is 0 Å². The summed E-state index contributed by atoms with van der Waals surface area (Å²) in [5.74, 6) is -0.648. The first-order valence-electron chi connectivity index (χ1n) is 22.8. The number of nitrogens with zero attached hydrogens (tertiary/aromatic N) is 1. The second kappa shape index (κ2) is 38.9. The lowest BCUT2D eigenvalue weighted by molar-refractivity contribution is -0.161. The number of alkyl carbamates (subject to hydrolysis) is 1. The number of ether oxygens (including phenoxy) is 3. The number of hydrogen-bond donors (Lipinski definition) is 1. The first-order valence-corrected chi connectivity index (χ1v) is 22.8. The van der Waals surface area contributed by atoms with E-state index in [4.69, 9.17) is 14.2 Å². The van der Waals surface area contributed by atoms with Crippen molar-refractivity contribution in [3.05, 3.63) is 24.3 Å². The van der Waals surface area contributed by atoms with Crippen molar-refractivity contribution in [2.45, 2.75) is 213 Å². The molecule has 0 aromatic heterocycles. The number of nitrogens with one attached hydrogen (secondary N) is 1. The summed E-state index contributed by atoms with van der Waals surface area (Å²) < 4.78 is 16.5. The highest BCUT2D eigenvalue weighted by atomic mass is 16.6. The van der Waals surface area contributed by atoms with Gasteiger partial charge in [-0.25, -0.2) is 4.79 Å². The summed E-state index contributed by atoms with van der Waals surface area (Å²) in [5, 5.41) is 2.78. The lowest BCUT2D eigenvalue weighted by Gasteiger charge is -2.19. The number of amides is 1. The Hall–Kier alpha value is -2.35. The van der Waals surface area contributed by atoms with Crippen LogP contribution in [-0.4, -0.2) is 68.4 Å². The number of rotatable bonds is 38. The van der Waals surface area contributed by atoms with Gasteiger partial charge in [0.2, 0.25) is 0 Å². The molecule has 0 saturated carbocycles. The van der Waals surface area contributed by atoms with Crippen LogP contribution >= 0.6 is 0 Å². The zero-order valence-electron chi connectivity index (χ0n) is 35.2. The van der Waals surface area contributed by atoms with Crippen LogP contribution in [-0.2, 0) is 23.8 Å². The maximum absolute atomic E-state index is 12.7. The van der Waals surface area contributed by atoms with Gasteiger partial charge in [0.25, 0.3) is 0 Å². The number of hydrogen-bond acceptors (Lipinski definition) is 7. The van der Waals surface area contributed by atoms with E-state index >= 15 is 0 Å². The number of likely N-dealkylation sites (tertiary alicyclic amines) is 1. The Morgan fingerprint density at radius 3 is 1.43 bits per heavy atom. The molecule has 1 atom stereocenters. The zero-order chi connectivity index (χ0) is 39.0. The minimum Gasteiger partial charge on any atom is -0.462 e. The van der Waals surface area contributed by atoms with Crippen LogP contribution in [0.15, 0.2) is 24.3 Å². The Morgan fingerprint density at radius 1 is 0.537 bits per heavy atom. The monoisotopic (exact) mass is 761 g/mol.